The Morgan fingerprint density at radius 1 is 1.03 bits per heavy atom. The molecule has 2 aliphatic rings. The van der Waals surface area contributed by atoms with Gasteiger partial charge >= 0.3 is 0 Å². The van der Waals surface area contributed by atoms with E-state index in [0.717, 1.165) is 29.7 Å². The van der Waals surface area contributed by atoms with Gasteiger partial charge in [0.2, 0.25) is 0 Å². The van der Waals surface area contributed by atoms with Crippen LogP contribution in [0.4, 0.5) is 8.78 Å². The predicted octanol–water partition coefficient (Wildman–Crippen LogP) is 8.73. The van der Waals surface area contributed by atoms with Crippen molar-refractivity contribution in [2.24, 2.45) is 17.8 Å². The van der Waals surface area contributed by atoms with Crippen molar-refractivity contribution < 1.29 is 8.78 Å². The Hall–Kier alpha value is -1.70. The summed E-state index contributed by atoms with van der Waals surface area (Å²) in [4.78, 5) is 0. The monoisotopic (exact) mass is 410 g/mol. The van der Waals surface area contributed by atoms with Gasteiger partial charge in [0.05, 0.1) is 5.39 Å². The SMILES string of the molecule is C=CCCc1ccc2cc([C@@H]3CC[C@@H]4CC(CCCC)CCC4C3)cc(F)c2c1F. The maximum atomic E-state index is 15.0. The number of unbranched alkanes of at least 4 members (excludes halogenated alkanes) is 1. The van der Waals surface area contributed by atoms with E-state index in [9.17, 15) is 4.39 Å². The smallest absolute Gasteiger partial charge is 0.137 e. The average molecular weight is 411 g/mol. The Morgan fingerprint density at radius 2 is 1.83 bits per heavy atom. The van der Waals surface area contributed by atoms with Gasteiger partial charge < -0.3 is 0 Å². The van der Waals surface area contributed by atoms with Gasteiger partial charge in [0.25, 0.3) is 0 Å². The number of allylic oxidation sites excluding steroid dienone is 1. The zero-order chi connectivity index (χ0) is 21.1. The van der Waals surface area contributed by atoms with Gasteiger partial charge in [0.15, 0.2) is 0 Å². The molecule has 4 rings (SSSR count). The van der Waals surface area contributed by atoms with Crippen LogP contribution in [0.3, 0.4) is 0 Å². The summed E-state index contributed by atoms with van der Waals surface area (Å²) < 4.78 is 29.9. The van der Waals surface area contributed by atoms with E-state index in [4.69, 9.17) is 0 Å². The normalized spacial score (nSPS) is 26.5. The molecule has 162 valence electrons. The number of hydrogen-bond donors (Lipinski definition) is 0. The fourth-order valence-corrected chi connectivity index (χ4v) is 6.17. The lowest BCUT2D eigenvalue weighted by atomic mass is 9.63. The highest BCUT2D eigenvalue weighted by Crippen LogP contribution is 2.48. The van der Waals surface area contributed by atoms with Crippen molar-refractivity contribution in [3.63, 3.8) is 0 Å². The van der Waals surface area contributed by atoms with Gasteiger partial charge in [0.1, 0.15) is 11.6 Å². The van der Waals surface area contributed by atoms with Crippen molar-refractivity contribution >= 4 is 10.8 Å². The molecule has 0 heterocycles. The van der Waals surface area contributed by atoms with Crippen LogP contribution in [0.5, 0.6) is 0 Å². The third-order valence-corrected chi connectivity index (χ3v) is 7.89. The van der Waals surface area contributed by atoms with Gasteiger partial charge in [-0.1, -0.05) is 56.9 Å². The van der Waals surface area contributed by atoms with E-state index in [0.29, 0.717) is 29.7 Å². The number of fused-ring (bicyclic) bond motifs is 2. The second kappa shape index (κ2) is 9.62. The quantitative estimate of drug-likeness (QED) is 0.400. The molecule has 0 radical (unpaired) electrons. The third kappa shape index (κ3) is 4.48. The molecule has 2 aromatic rings. The largest absolute Gasteiger partial charge is 0.206 e. The lowest BCUT2D eigenvalue weighted by Crippen LogP contribution is -2.30. The Balaban J connectivity index is 1.50. The van der Waals surface area contributed by atoms with Gasteiger partial charge in [-0.2, -0.15) is 0 Å². The fourth-order valence-electron chi connectivity index (χ4n) is 6.17. The Bertz CT molecular complexity index is 884. The van der Waals surface area contributed by atoms with Crippen LogP contribution >= 0.6 is 0 Å². The molecule has 0 N–H and O–H groups in total. The van der Waals surface area contributed by atoms with Gasteiger partial charge in [-0.25, -0.2) is 8.78 Å². The van der Waals surface area contributed by atoms with E-state index < -0.39 is 11.6 Å². The highest BCUT2D eigenvalue weighted by Gasteiger charge is 2.36. The molecule has 0 aliphatic heterocycles. The van der Waals surface area contributed by atoms with E-state index in [-0.39, 0.29) is 5.39 Å². The van der Waals surface area contributed by atoms with Gasteiger partial charge in [-0.05, 0) is 91.2 Å². The molecule has 0 spiro atoms. The molecular weight excluding hydrogens is 374 g/mol. The van der Waals surface area contributed by atoms with Crippen molar-refractivity contribution in [3.05, 3.63) is 59.7 Å². The van der Waals surface area contributed by atoms with Crippen LogP contribution in [-0.2, 0) is 6.42 Å². The lowest BCUT2D eigenvalue weighted by Gasteiger charge is -2.42. The minimum absolute atomic E-state index is 0.158. The first kappa shape index (κ1) is 21.5. The van der Waals surface area contributed by atoms with Crippen LogP contribution < -0.4 is 0 Å². The maximum absolute atomic E-state index is 15.0. The van der Waals surface area contributed by atoms with Crippen LogP contribution in [0.2, 0.25) is 0 Å². The van der Waals surface area contributed by atoms with Crippen LogP contribution in [0.25, 0.3) is 10.8 Å². The second-order valence-corrected chi connectivity index (χ2v) is 9.82. The van der Waals surface area contributed by atoms with E-state index in [2.05, 4.69) is 19.6 Å². The summed E-state index contributed by atoms with van der Waals surface area (Å²) in [7, 11) is 0. The molecule has 0 amide bonds. The predicted molar refractivity (Wildman–Crippen MR) is 123 cm³/mol. The number of benzene rings is 2. The molecule has 2 fully saturated rings. The molecule has 0 saturated heterocycles. The number of halogens is 2. The molecule has 2 aromatic carbocycles. The minimum atomic E-state index is -0.397. The lowest BCUT2D eigenvalue weighted by molar-refractivity contribution is 0.113. The average Bonchev–Trinajstić information content (AvgIpc) is 2.76. The Labute approximate surface area is 180 Å². The van der Waals surface area contributed by atoms with Crippen LogP contribution in [0.15, 0.2) is 36.9 Å². The van der Waals surface area contributed by atoms with Crippen LogP contribution in [-0.4, -0.2) is 0 Å². The zero-order valence-corrected chi connectivity index (χ0v) is 18.4. The van der Waals surface area contributed by atoms with E-state index in [1.54, 1.807) is 12.1 Å². The fraction of sp³-hybridized carbons (Fsp3) is 0.571. The van der Waals surface area contributed by atoms with Crippen LogP contribution in [0.1, 0.15) is 88.2 Å². The molecular formula is C28H36F2. The Morgan fingerprint density at radius 3 is 2.63 bits per heavy atom. The van der Waals surface area contributed by atoms with Crippen molar-refractivity contribution in [2.75, 3.05) is 0 Å². The third-order valence-electron chi connectivity index (χ3n) is 7.89. The molecule has 2 unspecified atom stereocenters. The first-order valence-electron chi connectivity index (χ1n) is 12.1. The summed E-state index contributed by atoms with van der Waals surface area (Å²) in [6.45, 7) is 5.98. The van der Waals surface area contributed by atoms with Gasteiger partial charge in [-0.15, -0.1) is 6.58 Å². The van der Waals surface area contributed by atoms with Crippen molar-refractivity contribution in [1.29, 1.82) is 0 Å². The highest BCUT2D eigenvalue weighted by molar-refractivity contribution is 5.85. The molecule has 0 nitrogen and oxygen atoms in total. The summed E-state index contributed by atoms with van der Waals surface area (Å²) in [6, 6.07) is 7.39. The van der Waals surface area contributed by atoms with E-state index in [1.165, 1.54) is 51.4 Å². The van der Waals surface area contributed by atoms with Crippen LogP contribution in [0, 0.1) is 29.4 Å². The van der Waals surface area contributed by atoms with Crippen molar-refractivity contribution in [2.45, 2.75) is 83.5 Å². The first-order chi connectivity index (χ1) is 14.6. The summed E-state index contributed by atoms with van der Waals surface area (Å²) in [5, 5.41) is 0.862. The molecule has 2 heteroatoms. The molecule has 4 atom stereocenters. The molecule has 2 aliphatic carbocycles. The van der Waals surface area contributed by atoms with Gasteiger partial charge in [0, 0.05) is 0 Å². The van der Waals surface area contributed by atoms with Crippen molar-refractivity contribution in [1.82, 2.24) is 0 Å². The number of hydrogen-bond acceptors (Lipinski definition) is 0. The summed E-state index contributed by atoms with van der Waals surface area (Å²) in [6.07, 6.45) is 14.8. The minimum Gasteiger partial charge on any atom is -0.206 e. The summed E-state index contributed by atoms with van der Waals surface area (Å²) >= 11 is 0. The summed E-state index contributed by atoms with van der Waals surface area (Å²) in [5.74, 6) is 2.21. The number of rotatable bonds is 7. The second-order valence-electron chi connectivity index (χ2n) is 9.82. The molecule has 30 heavy (non-hydrogen) atoms. The maximum Gasteiger partial charge on any atom is 0.137 e. The topological polar surface area (TPSA) is 0 Å². The van der Waals surface area contributed by atoms with Crippen molar-refractivity contribution in [3.8, 4) is 0 Å². The standard InChI is InChI=1S/C28H36F2/c1-3-5-7-19-9-10-22-16-23(13-12-21(22)15-19)25-17-24-14-11-20(8-6-4-2)28(30)27(24)26(29)18-25/h4,11,14,17-19,21-23H,2-3,5-10,12-13,15-16H2,1H3/t19?,21-,22?,23-/m1/s1. The van der Waals surface area contributed by atoms with Gasteiger partial charge in [-0.3, -0.25) is 0 Å². The summed E-state index contributed by atoms with van der Waals surface area (Å²) in [5.41, 5.74) is 1.65. The van der Waals surface area contributed by atoms with E-state index >= 15 is 4.39 Å². The Kier molecular flexibility index (Phi) is 6.91. The first-order valence-corrected chi connectivity index (χ1v) is 12.1. The van der Waals surface area contributed by atoms with E-state index in [1.807, 2.05) is 12.1 Å². The molecule has 0 aromatic heterocycles. The highest BCUT2D eigenvalue weighted by atomic mass is 19.1. The number of aryl methyl sites for hydroxylation is 1. The molecule has 2 saturated carbocycles. The zero-order valence-electron chi connectivity index (χ0n) is 18.4. The molecule has 0 bridgehead atoms.